The van der Waals surface area contributed by atoms with Gasteiger partial charge in [0.1, 0.15) is 12.7 Å². The largest absolute Gasteiger partial charge is 0.450 e. The maximum Gasteiger partial charge on any atom is 0.407 e. The molecular weight excluding hydrogens is 338 g/mol. The lowest BCUT2D eigenvalue weighted by Gasteiger charge is -2.10. The number of nitrogens with zero attached hydrogens (tertiary/aromatic N) is 4. The molecule has 26 heavy (non-hydrogen) atoms. The van der Waals surface area contributed by atoms with Gasteiger partial charge in [-0.15, -0.1) is 0 Å². The van der Waals surface area contributed by atoms with Crippen LogP contribution in [0.1, 0.15) is 26.2 Å². The fourth-order valence-electron chi connectivity index (χ4n) is 1.85. The van der Waals surface area contributed by atoms with Crippen molar-refractivity contribution < 1.29 is 19.1 Å². The molecular formula is C17H23N5O4. The zero-order valence-electron chi connectivity index (χ0n) is 14.8. The quantitative estimate of drug-likeness (QED) is 0.141. The predicted octanol–water partition coefficient (Wildman–Crippen LogP) is 3.52. The highest BCUT2D eigenvalue weighted by atomic mass is 16.5. The third-order valence-corrected chi connectivity index (χ3v) is 3.29. The minimum Gasteiger partial charge on any atom is -0.450 e. The van der Waals surface area contributed by atoms with Gasteiger partial charge in [0, 0.05) is 17.2 Å². The normalized spacial score (nSPS) is 11.7. The molecule has 0 aliphatic heterocycles. The first-order chi connectivity index (χ1) is 12.5. The van der Waals surface area contributed by atoms with E-state index in [0.717, 1.165) is 0 Å². The van der Waals surface area contributed by atoms with Crippen molar-refractivity contribution in [2.75, 3.05) is 19.8 Å². The van der Waals surface area contributed by atoms with E-state index in [-0.39, 0.29) is 24.8 Å². The number of allylic oxidation sites excluding steroid dienone is 1. The number of carbonyl (C=O) groups excluding carboxylic acids is 2. The summed E-state index contributed by atoms with van der Waals surface area (Å²) in [7, 11) is 0. The molecule has 1 N–H and O–H groups in total. The first kappa shape index (κ1) is 22.8. The van der Waals surface area contributed by atoms with Gasteiger partial charge in [-0.2, -0.15) is 5.26 Å². The van der Waals surface area contributed by atoms with Crippen LogP contribution >= 0.6 is 0 Å². The minimum absolute atomic E-state index is 0.0997. The van der Waals surface area contributed by atoms with Crippen molar-refractivity contribution in [3.8, 4) is 6.07 Å². The Bertz CT molecular complexity index is 630. The second-order valence-electron chi connectivity index (χ2n) is 5.17. The summed E-state index contributed by atoms with van der Waals surface area (Å²) in [5.41, 5.74) is 9.14. The zero-order valence-corrected chi connectivity index (χ0v) is 14.8. The molecule has 0 bridgehead atoms. The van der Waals surface area contributed by atoms with Gasteiger partial charge in [0.05, 0.1) is 5.92 Å². The zero-order chi connectivity index (χ0) is 19.8. The molecule has 1 atom stereocenters. The van der Waals surface area contributed by atoms with Crippen molar-refractivity contribution in [1.29, 1.82) is 5.26 Å². The van der Waals surface area contributed by atoms with Gasteiger partial charge in [-0.05, 0) is 23.9 Å². The van der Waals surface area contributed by atoms with E-state index in [9.17, 15) is 9.59 Å². The van der Waals surface area contributed by atoms with Crippen LogP contribution < -0.4 is 5.32 Å². The Morgan fingerprint density at radius 1 is 1.35 bits per heavy atom. The lowest BCUT2D eigenvalue weighted by Crippen LogP contribution is -2.26. The second-order valence-corrected chi connectivity index (χ2v) is 5.17. The summed E-state index contributed by atoms with van der Waals surface area (Å²) in [6.07, 6.45) is 4.12. The fraction of sp³-hybridized carbons (Fsp3) is 0.471. The number of nitriles is 1. The Labute approximate surface area is 152 Å². The average molecular weight is 361 g/mol. The molecule has 9 nitrogen and oxygen atoms in total. The second kappa shape index (κ2) is 14.1. The van der Waals surface area contributed by atoms with Crippen molar-refractivity contribution in [1.82, 2.24) is 5.32 Å². The third kappa shape index (κ3) is 9.80. The van der Waals surface area contributed by atoms with Crippen LogP contribution in [-0.4, -0.2) is 31.8 Å². The summed E-state index contributed by atoms with van der Waals surface area (Å²) in [6, 6.07) is 1.74. The average Bonchev–Trinajstić information content (AvgIpc) is 2.64. The molecule has 0 spiro atoms. The lowest BCUT2D eigenvalue weighted by atomic mass is 10.0. The van der Waals surface area contributed by atoms with E-state index in [2.05, 4.69) is 28.5 Å². The number of unbranched alkanes of at least 4 members (excludes halogenated alkanes) is 1. The highest BCUT2D eigenvalue weighted by Gasteiger charge is 2.13. The fourth-order valence-corrected chi connectivity index (χ4v) is 1.85. The first-order valence-electron chi connectivity index (χ1n) is 7.97. The summed E-state index contributed by atoms with van der Waals surface area (Å²) in [5.74, 6) is -0.700. The molecule has 0 fully saturated rings. The van der Waals surface area contributed by atoms with Crippen molar-refractivity contribution >= 4 is 12.1 Å². The number of azide groups is 1. The number of nitrogens with one attached hydrogen (secondary N) is 1. The Kier molecular flexibility index (Phi) is 12.4. The Balaban J connectivity index is 4.08. The number of hydrogen-bond donors (Lipinski definition) is 1. The smallest absolute Gasteiger partial charge is 0.407 e. The van der Waals surface area contributed by atoms with E-state index in [4.69, 9.17) is 20.3 Å². The summed E-state index contributed by atoms with van der Waals surface area (Å²) in [4.78, 5) is 25.8. The summed E-state index contributed by atoms with van der Waals surface area (Å²) in [5, 5.41) is 14.4. The van der Waals surface area contributed by atoms with Crippen LogP contribution in [0.25, 0.3) is 10.4 Å². The molecule has 9 heteroatoms. The van der Waals surface area contributed by atoms with E-state index in [1.807, 2.05) is 0 Å². The molecule has 0 aliphatic carbocycles. The maximum atomic E-state index is 11.6. The van der Waals surface area contributed by atoms with Crippen LogP contribution in [0.4, 0.5) is 4.79 Å². The monoisotopic (exact) mass is 361 g/mol. The molecule has 0 aromatic rings. The van der Waals surface area contributed by atoms with Gasteiger partial charge in [-0.3, -0.25) is 4.79 Å². The van der Waals surface area contributed by atoms with Gasteiger partial charge >= 0.3 is 12.1 Å². The predicted molar refractivity (Wildman–Crippen MR) is 95.5 cm³/mol. The standard InChI is InChI=1S/C17H23N5O4/c1-4-14(15(5-2)21-22-19)12-26-17(24)20-10-7-6-8-13(3)16(23)25-11-9-18/h4-5,13H,1-2,6-8,10-12H2,3H3,(H,20,24)/b15-14-/t13-/m0/s1. The summed E-state index contributed by atoms with van der Waals surface area (Å²) < 4.78 is 9.74. The number of esters is 1. The topological polar surface area (TPSA) is 137 Å². The van der Waals surface area contributed by atoms with Gasteiger partial charge in [0.25, 0.3) is 0 Å². The summed E-state index contributed by atoms with van der Waals surface area (Å²) >= 11 is 0. The molecule has 140 valence electrons. The summed E-state index contributed by atoms with van der Waals surface area (Å²) in [6.45, 7) is 8.85. The number of ether oxygens (including phenoxy) is 2. The number of rotatable bonds is 12. The Morgan fingerprint density at radius 3 is 2.65 bits per heavy atom. The van der Waals surface area contributed by atoms with Gasteiger partial charge < -0.3 is 14.8 Å². The molecule has 0 saturated carbocycles. The molecule has 0 aromatic heterocycles. The van der Waals surface area contributed by atoms with Crippen LogP contribution in [-0.2, 0) is 14.3 Å². The van der Waals surface area contributed by atoms with E-state index in [0.29, 0.717) is 31.4 Å². The number of amides is 1. The molecule has 0 unspecified atom stereocenters. The number of hydrogen-bond acceptors (Lipinski definition) is 6. The van der Waals surface area contributed by atoms with Crippen LogP contribution in [0.5, 0.6) is 0 Å². The number of carbonyl (C=O) groups is 2. The van der Waals surface area contributed by atoms with Gasteiger partial charge in [0.15, 0.2) is 6.61 Å². The van der Waals surface area contributed by atoms with Crippen molar-refractivity contribution in [2.45, 2.75) is 26.2 Å². The van der Waals surface area contributed by atoms with E-state index < -0.39 is 12.1 Å². The van der Waals surface area contributed by atoms with Crippen LogP contribution in [0.2, 0.25) is 0 Å². The van der Waals surface area contributed by atoms with Crippen molar-refractivity contribution in [2.24, 2.45) is 11.0 Å². The maximum absolute atomic E-state index is 11.6. The first-order valence-corrected chi connectivity index (χ1v) is 7.97. The van der Waals surface area contributed by atoms with Gasteiger partial charge in [-0.25, -0.2) is 4.79 Å². The minimum atomic E-state index is -0.616. The number of alkyl carbamates (subject to hydrolysis) is 1. The molecule has 0 aromatic carbocycles. The molecule has 0 aliphatic rings. The highest BCUT2D eigenvalue weighted by Crippen LogP contribution is 2.11. The van der Waals surface area contributed by atoms with Crippen molar-refractivity contribution in [3.05, 3.63) is 47.0 Å². The van der Waals surface area contributed by atoms with Crippen LogP contribution in [0, 0.1) is 17.2 Å². The molecule has 0 rings (SSSR count). The Hall–Kier alpha value is -3.24. The van der Waals surface area contributed by atoms with Crippen LogP contribution in [0.15, 0.2) is 41.7 Å². The van der Waals surface area contributed by atoms with Crippen molar-refractivity contribution in [3.63, 3.8) is 0 Å². The molecule has 0 heterocycles. The molecule has 0 saturated heterocycles. The highest BCUT2D eigenvalue weighted by molar-refractivity contribution is 5.72. The third-order valence-electron chi connectivity index (χ3n) is 3.29. The molecule has 1 amide bonds. The molecule has 0 radical (unpaired) electrons. The van der Waals surface area contributed by atoms with Gasteiger partial charge in [0.2, 0.25) is 0 Å². The lowest BCUT2D eigenvalue weighted by molar-refractivity contribution is -0.146. The Morgan fingerprint density at radius 2 is 2.08 bits per heavy atom. The van der Waals surface area contributed by atoms with E-state index in [1.54, 1.807) is 13.0 Å². The van der Waals surface area contributed by atoms with Crippen LogP contribution in [0.3, 0.4) is 0 Å². The SMILES string of the molecule is C=C/C(COC(=O)NCCCC[C@H](C)C(=O)OCC#N)=C(\C=C)N=[N+]=[N-]. The van der Waals surface area contributed by atoms with E-state index in [1.165, 1.54) is 12.2 Å². The van der Waals surface area contributed by atoms with Gasteiger partial charge in [-0.1, -0.05) is 43.8 Å². The van der Waals surface area contributed by atoms with E-state index >= 15 is 0 Å².